The van der Waals surface area contributed by atoms with E-state index in [2.05, 4.69) is 205 Å². The zero-order valence-electron chi connectivity index (χ0n) is 31.1. The fourth-order valence-electron chi connectivity index (χ4n) is 8.56. The maximum atomic E-state index is 6.58. The van der Waals surface area contributed by atoms with E-state index in [0.717, 1.165) is 61.4 Å². The number of rotatable bonds is 7. The Bertz CT molecular complexity index is 2880. The lowest BCUT2D eigenvalue weighted by Crippen LogP contribution is -2.15. The van der Waals surface area contributed by atoms with E-state index in [0.29, 0.717) is 0 Å². The lowest BCUT2D eigenvalue weighted by molar-refractivity contribution is 0.269. The highest BCUT2D eigenvalue weighted by Crippen LogP contribution is 2.48. The normalized spacial score (nSPS) is 15.4. The van der Waals surface area contributed by atoms with E-state index in [4.69, 9.17) is 9.15 Å². The number of anilines is 3. The molecule has 8 aromatic carbocycles. The van der Waals surface area contributed by atoms with Gasteiger partial charge in [-0.25, -0.2) is 0 Å². The maximum absolute atomic E-state index is 6.58. The molecule has 0 saturated heterocycles. The Labute approximate surface area is 332 Å². The van der Waals surface area contributed by atoms with Gasteiger partial charge < -0.3 is 14.1 Å². The van der Waals surface area contributed by atoms with E-state index in [1.165, 1.54) is 33.4 Å². The predicted molar refractivity (Wildman–Crippen MR) is 236 cm³/mol. The van der Waals surface area contributed by atoms with Crippen LogP contribution in [0.1, 0.15) is 11.5 Å². The van der Waals surface area contributed by atoms with Crippen LogP contribution in [0.5, 0.6) is 5.75 Å². The molecular formula is C54H37NO2. The lowest BCUT2D eigenvalue weighted by atomic mass is 9.86. The van der Waals surface area contributed by atoms with E-state index in [1.807, 2.05) is 12.1 Å². The summed E-state index contributed by atoms with van der Waals surface area (Å²) in [4.78, 5) is 2.33. The Balaban J connectivity index is 1.02. The van der Waals surface area contributed by atoms with Crippen molar-refractivity contribution >= 4 is 39.0 Å². The SMILES string of the molecule is C1=CC2Oc3cc(-c4ccc(N(c5ccc(-c6ccccc6)cc5)c5ccc(-c6ccccc6)cc5)cc4)c(-c4ccc5oc6ccccc6c5c4)cc3C2C=C1. The summed E-state index contributed by atoms with van der Waals surface area (Å²) in [7, 11) is 0. The number of para-hydroxylation sites is 1. The number of nitrogens with zero attached hydrogens (tertiary/aromatic N) is 1. The summed E-state index contributed by atoms with van der Waals surface area (Å²) in [5.74, 6) is 1.13. The number of hydrogen-bond acceptors (Lipinski definition) is 3. The lowest BCUT2D eigenvalue weighted by Gasteiger charge is -2.26. The van der Waals surface area contributed by atoms with Gasteiger partial charge in [-0.3, -0.25) is 0 Å². The van der Waals surface area contributed by atoms with Crippen molar-refractivity contribution in [2.75, 3.05) is 4.90 Å². The van der Waals surface area contributed by atoms with Crippen molar-refractivity contribution in [3.05, 3.63) is 218 Å². The third kappa shape index (κ3) is 5.92. The fraction of sp³-hybridized carbons (Fsp3) is 0.0370. The molecular weight excluding hydrogens is 695 g/mol. The number of furan rings is 1. The van der Waals surface area contributed by atoms with Gasteiger partial charge in [0.2, 0.25) is 0 Å². The second-order valence-electron chi connectivity index (χ2n) is 14.8. The smallest absolute Gasteiger partial charge is 0.135 e. The van der Waals surface area contributed by atoms with Crippen molar-refractivity contribution in [2.24, 2.45) is 0 Å². The van der Waals surface area contributed by atoms with Crippen LogP contribution in [0.3, 0.4) is 0 Å². The molecule has 270 valence electrons. The first-order chi connectivity index (χ1) is 28.2. The predicted octanol–water partition coefficient (Wildman–Crippen LogP) is 14.7. The minimum Gasteiger partial charge on any atom is -0.485 e. The molecule has 0 N–H and O–H groups in total. The molecule has 57 heavy (non-hydrogen) atoms. The van der Waals surface area contributed by atoms with E-state index in [1.54, 1.807) is 0 Å². The monoisotopic (exact) mass is 731 g/mol. The highest BCUT2D eigenvalue weighted by Gasteiger charge is 2.33. The quantitative estimate of drug-likeness (QED) is 0.163. The number of ether oxygens (including phenoxy) is 1. The Morgan fingerprint density at radius 2 is 0.895 bits per heavy atom. The van der Waals surface area contributed by atoms with Gasteiger partial charge in [-0.15, -0.1) is 0 Å². The molecule has 3 heteroatoms. The van der Waals surface area contributed by atoms with Gasteiger partial charge in [0, 0.05) is 39.3 Å². The van der Waals surface area contributed by atoms with Gasteiger partial charge >= 0.3 is 0 Å². The van der Waals surface area contributed by atoms with Crippen LogP contribution in [-0.4, -0.2) is 6.10 Å². The van der Waals surface area contributed by atoms with Crippen molar-refractivity contribution in [3.8, 4) is 50.3 Å². The standard InChI is InChI=1S/C54H37NO2/c1-3-11-36(12-4-1)38-19-26-42(27-20-38)55(43-28-21-39(22-29-43)37-13-5-2-6-14-37)44-30-23-40(24-31-44)48-35-54-50(46-16-8-10-18-52(46)57-54)34-47(48)41-25-32-53-49(33-41)45-15-7-9-17-51(45)56-53/h1-35,46,52H. The first-order valence-electron chi connectivity index (χ1n) is 19.6. The molecule has 1 aliphatic carbocycles. The number of fused-ring (bicyclic) bond motifs is 6. The van der Waals surface area contributed by atoms with Crippen LogP contribution in [0.4, 0.5) is 17.1 Å². The van der Waals surface area contributed by atoms with Gasteiger partial charge in [0.15, 0.2) is 0 Å². The van der Waals surface area contributed by atoms with Crippen molar-refractivity contribution in [1.82, 2.24) is 0 Å². The molecule has 1 aromatic heterocycles. The van der Waals surface area contributed by atoms with Crippen molar-refractivity contribution < 1.29 is 9.15 Å². The van der Waals surface area contributed by atoms with Gasteiger partial charge in [-0.2, -0.15) is 0 Å². The van der Waals surface area contributed by atoms with Crippen LogP contribution in [0.15, 0.2) is 217 Å². The summed E-state index contributed by atoms with van der Waals surface area (Å²) in [5.41, 5.74) is 15.6. The first-order valence-corrected chi connectivity index (χ1v) is 19.6. The number of allylic oxidation sites excluding steroid dienone is 2. The Morgan fingerprint density at radius 1 is 0.386 bits per heavy atom. The van der Waals surface area contributed by atoms with Crippen LogP contribution in [0, 0.1) is 0 Å². The maximum Gasteiger partial charge on any atom is 0.135 e. The molecule has 0 saturated carbocycles. The molecule has 2 heterocycles. The van der Waals surface area contributed by atoms with Crippen LogP contribution in [0.2, 0.25) is 0 Å². The summed E-state index contributed by atoms with van der Waals surface area (Å²) in [5, 5.41) is 2.24. The average Bonchev–Trinajstić information content (AvgIpc) is 3.85. The highest BCUT2D eigenvalue weighted by atomic mass is 16.5. The zero-order chi connectivity index (χ0) is 37.7. The molecule has 0 bridgehead atoms. The largest absolute Gasteiger partial charge is 0.485 e. The van der Waals surface area contributed by atoms with Crippen molar-refractivity contribution in [3.63, 3.8) is 0 Å². The average molecular weight is 732 g/mol. The zero-order valence-corrected chi connectivity index (χ0v) is 31.1. The summed E-state index contributed by atoms with van der Waals surface area (Å²) in [6.07, 6.45) is 8.64. The van der Waals surface area contributed by atoms with Gasteiger partial charge in [-0.1, -0.05) is 140 Å². The van der Waals surface area contributed by atoms with Gasteiger partial charge in [-0.05, 0) is 117 Å². The van der Waals surface area contributed by atoms with Crippen molar-refractivity contribution in [1.29, 1.82) is 0 Å². The number of benzene rings is 8. The summed E-state index contributed by atoms with van der Waals surface area (Å²) in [6, 6.07) is 67.2. The van der Waals surface area contributed by atoms with Gasteiger partial charge in [0.25, 0.3) is 0 Å². The molecule has 2 atom stereocenters. The molecule has 11 rings (SSSR count). The molecule has 0 fully saturated rings. The van der Waals surface area contributed by atoms with E-state index in [9.17, 15) is 0 Å². The Kier molecular flexibility index (Phi) is 7.96. The Morgan fingerprint density at radius 3 is 1.54 bits per heavy atom. The Hall–Kier alpha value is -7.36. The van der Waals surface area contributed by atoms with Crippen molar-refractivity contribution in [2.45, 2.75) is 12.0 Å². The molecule has 1 aliphatic heterocycles. The third-order valence-corrected chi connectivity index (χ3v) is 11.4. The summed E-state index contributed by atoms with van der Waals surface area (Å²) < 4.78 is 12.8. The molecule has 2 aliphatic rings. The third-order valence-electron chi connectivity index (χ3n) is 11.4. The molecule has 2 unspecified atom stereocenters. The second kappa shape index (κ2) is 13.7. The molecule has 0 spiro atoms. The summed E-state index contributed by atoms with van der Waals surface area (Å²) >= 11 is 0. The first kappa shape index (κ1) is 33.0. The molecule has 0 amide bonds. The van der Waals surface area contributed by atoms with Gasteiger partial charge in [0.05, 0.1) is 0 Å². The van der Waals surface area contributed by atoms with Gasteiger partial charge in [0.1, 0.15) is 23.0 Å². The van der Waals surface area contributed by atoms with E-state index < -0.39 is 0 Å². The summed E-state index contributed by atoms with van der Waals surface area (Å²) in [6.45, 7) is 0. The van der Waals surface area contributed by atoms with E-state index >= 15 is 0 Å². The molecule has 0 radical (unpaired) electrons. The number of hydrogen-bond donors (Lipinski definition) is 0. The minimum absolute atomic E-state index is 0.00545. The highest BCUT2D eigenvalue weighted by molar-refractivity contribution is 6.07. The van der Waals surface area contributed by atoms with E-state index in [-0.39, 0.29) is 12.0 Å². The van der Waals surface area contributed by atoms with Crippen LogP contribution < -0.4 is 9.64 Å². The second-order valence-corrected chi connectivity index (χ2v) is 14.8. The van der Waals surface area contributed by atoms with Crippen LogP contribution in [0.25, 0.3) is 66.4 Å². The minimum atomic E-state index is 0.00545. The fourth-order valence-corrected chi connectivity index (χ4v) is 8.56. The molecule has 9 aromatic rings. The van der Waals surface area contributed by atoms with Crippen LogP contribution in [-0.2, 0) is 0 Å². The topological polar surface area (TPSA) is 25.6 Å². The molecule has 3 nitrogen and oxygen atoms in total. The van der Waals surface area contributed by atoms with Crippen LogP contribution >= 0.6 is 0 Å².